The van der Waals surface area contributed by atoms with Gasteiger partial charge in [0, 0.05) is 6.04 Å². The first-order chi connectivity index (χ1) is 16.9. The summed E-state index contributed by atoms with van der Waals surface area (Å²) in [6.07, 6.45) is 2.64. The molecule has 2 aromatic rings. The maximum absolute atomic E-state index is 13.3. The topological polar surface area (TPSA) is 77.4 Å². The summed E-state index contributed by atoms with van der Waals surface area (Å²) in [6, 6.07) is 13.3. The normalized spacial score (nSPS) is 16.6. The average molecular weight is 497 g/mol. The largest absolute Gasteiger partial charge is 0.490 e. The minimum absolute atomic E-state index is 0.0164. The summed E-state index contributed by atoms with van der Waals surface area (Å²) in [4.78, 5) is 32.1. The van der Waals surface area contributed by atoms with E-state index in [1.54, 1.807) is 24.0 Å². The molecule has 0 N–H and O–H groups in total. The third-order valence-corrected chi connectivity index (χ3v) is 6.33. The molecule has 2 aromatic carbocycles. The maximum Gasteiger partial charge on any atom is 0.344 e. The zero-order valence-electron chi connectivity index (χ0n) is 20.9. The number of benzene rings is 2. The van der Waals surface area contributed by atoms with Gasteiger partial charge < -0.3 is 14.2 Å². The van der Waals surface area contributed by atoms with Gasteiger partial charge in [0.05, 0.1) is 23.8 Å². The molecule has 0 spiro atoms. The minimum atomic E-state index is -0.445. The molecule has 8 heteroatoms. The first-order valence-corrected chi connectivity index (χ1v) is 12.6. The fourth-order valence-corrected chi connectivity index (χ4v) is 4.45. The van der Waals surface area contributed by atoms with Crippen LogP contribution in [0, 0.1) is 6.92 Å². The van der Waals surface area contributed by atoms with E-state index in [-0.39, 0.29) is 18.6 Å². The monoisotopic (exact) mass is 496 g/mol. The van der Waals surface area contributed by atoms with Crippen LogP contribution in [-0.4, -0.2) is 47.8 Å². The summed E-state index contributed by atoms with van der Waals surface area (Å²) in [6.45, 7) is 10.2. The predicted octanol–water partition coefficient (Wildman–Crippen LogP) is 5.74. The molecule has 3 rings (SSSR count). The van der Waals surface area contributed by atoms with Crippen LogP contribution in [0.1, 0.15) is 45.2 Å². The van der Waals surface area contributed by atoms with E-state index in [9.17, 15) is 9.59 Å². The molecule has 1 fully saturated rings. The van der Waals surface area contributed by atoms with Crippen molar-refractivity contribution >= 4 is 40.6 Å². The molecule has 0 bridgehead atoms. The third-order valence-electron chi connectivity index (χ3n) is 5.34. The molecule has 1 amide bonds. The number of hydrogen-bond donors (Lipinski definition) is 0. The molecule has 7 nitrogen and oxygen atoms in total. The van der Waals surface area contributed by atoms with Crippen molar-refractivity contribution in [2.45, 2.75) is 47.1 Å². The van der Waals surface area contributed by atoms with Gasteiger partial charge in [0.15, 0.2) is 23.3 Å². The number of amides is 1. The first-order valence-electron chi connectivity index (χ1n) is 11.8. The van der Waals surface area contributed by atoms with Crippen molar-refractivity contribution < 1.29 is 23.8 Å². The molecule has 0 radical (unpaired) electrons. The van der Waals surface area contributed by atoms with Gasteiger partial charge in [-0.25, -0.2) is 9.79 Å². The van der Waals surface area contributed by atoms with Crippen LogP contribution in [0.2, 0.25) is 0 Å². The van der Waals surface area contributed by atoms with Crippen molar-refractivity contribution in [2.75, 3.05) is 19.8 Å². The molecular weight excluding hydrogens is 464 g/mol. The van der Waals surface area contributed by atoms with E-state index in [1.165, 1.54) is 11.8 Å². The predicted molar refractivity (Wildman–Crippen MR) is 140 cm³/mol. The summed E-state index contributed by atoms with van der Waals surface area (Å²) < 4.78 is 16.2. The van der Waals surface area contributed by atoms with Gasteiger partial charge in [-0.3, -0.25) is 9.69 Å². The highest BCUT2D eigenvalue weighted by molar-refractivity contribution is 8.18. The minimum Gasteiger partial charge on any atom is -0.490 e. The Morgan fingerprint density at radius 2 is 1.80 bits per heavy atom. The molecule has 1 heterocycles. The van der Waals surface area contributed by atoms with Gasteiger partial charge in [0.1, 0.15) is 0 Å². The average Bonchev–Trinajstić information content (AvgIpc) is 3.14. The molecule has 35 heavy (non-hydrogen) atoms. The van der Waals surface area contributed by atoms with E-state index in [0.29, 0.717) is 34.8 Å². The van der Waals surface area contributed by atoms with Gasteiger partial charge in [0.2, 0.25) is 0 Å². The number of nitrogens with zero attached hydrogens (tertiary/aromatic N) is 2. The van der Waals surface area contributed by atoms with Crippen molar-refractivity contribution in [1.82, 2.24) is 4.90 Å². The van der Waals surface area contributed by atoms with Gasteiger partial charge in [-0.2, -0.15) is 0 Å². The van der Waals surface area contributed by atoms with E-state index < -0.39 is 5.97 Å². The molecule has 1 aliphatic heterocycles. The Hall–Kier alpha value is -3.26. The van der Waals surface area contributed by atoms with Gasteiger partial charge in [-0.15, -0.1) is 0 Å². The van der Waals surface area contributed by atoms with Gasteiger partial charge in [0.25, 0.3) is 5.91 Å². The quantitative estimate of drug-likeness (QED) is 0.308. The van der Waals surface area contributed by atoms with Crippen molar-refractivity contribution in [2.24, 2.45) is 4.99 Å². The lowest BCUT2D eigenvalue weighted by molar-refractivity contribution is -0.145. The Morgan fingerprint density at radius 1 is 1.06 bits per heavy atom. The highest BCUT2D eigenvalue weighted by Crippen LogP contribution is 2.37. The van der Waals surface area contributed by atoms with Crippen LogP contribution in [0.5, 0.6) is 11.5 Å². The second-order valence-corrected chi connectivity index (χ2v) is 9.01. The highest BCUT2D eigenvalue weighted by atomic mass is 32.2. The zero-order chi connectivity index (χ0) is 25.4. The lowest BCUT2D eigenvalue weighted by atomic mass is 10.1. The number of ether oxygens (including phenoxy) is 3. The summed E-state index contributed by atoms with van der Waals surface area (Å²) >= 11 is 1.36. The summed E-state index contributed by atoms with van der Waals surface area (Å²) in [5.41, 5.74) is 2.75. The summed E-state index contributed by atoms with van der Waals surface area (Å²) in [5, 5.41) is 0.666. The van der Waals surface area contributed by atoms with Crippen LogP contribution in [0.25, 0.3) is 6.08 Å². The third kappa shape index (κ3) is 6.88. The molecule has 0 aliphatic carbocycles. The van der Waals surface area contributed by atoms with Crippen LogP contribution in [0.4, 0.5) is 5.69 Å². The van der Waals surface area contributed by atoms with Gasteiger partial charge in [-0.05, 0) is 81.8 Å². The van der Waals surface area contributed by atoms with Crippen LogP contribution in [0.15, 0.2) is 52.4 Å². The Balaban J connectivity index is 1.89. The van der Waals surface area contributed by atoms with Crippen LogP contribution >= 0.6 is 11.8 Å². The Morgan fingerprint density at radius 3 is 2.46 bits per heavy atom. The van der Waals surface area contributed by atoms with Crippen LogP contribution < -0.4 is 9.47 Å². The fraction of sp³-hybridized carbons (Fsp3) is 0.370. The number of thioether (sulfide) groups is 1. The molecular formula is C27H32N2O5S. The number of carbonyl (C=O) groups excluding carboxylic acids is 2. The number of rotatable bonds is 10. The van der Waals surface area contributed by atoms with Crippen LogP contribution in [0.3, 0.4) is 0 Å². The second kappa shape index (κ2) is 12.4. The Bertz CT molecular complexity index is 1110. The van der Waals surface area contributed by atoms with E-state index in [4.69, 9.17) is 19.2 Å². The van der Waals surface area contributed by atoms with E-state index >= 15 is 0 Å². The molecule has 186 valence electrons. The fourth-order valence-electron chi connectivity index (χ4n) is 3.36. The number of hydrogen-bond acceptors (Lipinski definition) is 7. The van der Waals surface area contributed by atoms with E-state index in [2.05, 4.69) is 6.92 Å². The smallest absolute Gasteiger partial charge is 0.344 e. The molecule has 0 saturated carbocycles. The second-order valence-electron chi connectivity index (χ2n) is 8.01. The molecule has 1 saturated heterocycles. The SMILES string of the molecule is CCOC(=O)COc1ccc(/C=C2/SC(=Nc3ccc(C)cc3)N([C@@H](C)CC)C2=O)cc1OCC. The highest BCUT2D eigenvalue weighted by Gasteiger charge is 2.36. The Labute approximate surface area is 211 Å². The number of amidine groups is 1. The van der Waals surface area contributed by atoms with Crippen molar-refractivity contribution in [3.05, 3.63) is 58.5 Å². The molecule has 1 atom stereocenters. The van der Waals surface area contributed by atoms with Gasteiger partial charge >= 0.3 is 5.97 Å². The molecule has 1 aliphatic rings. The number of aryl methyl sites for hydroxylation is 1. The summed E-state index contributed by atoms with van der Waals surface area (Å²) in [7, 11) is 0. The number of carbonyl (C=O) groups is 2. The zero-order valence-corrected chi connectivity index (χ0v) is 21.7. The van der Waals surface area contributed by atoms with Crippen molar-refractivity contribution in [1.29, 1.82) is 0 Å². The first kappa shape index (κ1) is 26.3. The lowest BCUT2D eigenvalue weighted by Gasteiger charge is -2.22. The maximum atomic E-state index is 13.3. The standard InChI is InChI=1S/C27H32N2O5S/c1-6-19(5)29-26(31)24(35-27(29)28-21-12-9-18(4)10-13-21)16-20-11-14-22(23(15-20)32-7-2)34-17-25(30)33-8-3/h9-16,19H,6-8,17H2,1-5H3/b24-16+,28-27?/t19-/m0/s1. The number of aliphatic imine (C=N–C) groups is 1. The Kier molecular flexibility index (Phi) is 9.37. The van der Waals surface area contributed by atoms with Crippen molar-refractivity contribution in [3.8, 4) is 11.5 Å². The van der Waals surface area contributed by atoms with Gasteiger partial charge in [-0.1, -0.05) is 30.7 Å². The number of esters is 1. The van der Waals surface area contributed by atoms with E-state index in [0.717, 1.165) is 23.2 Å². The van der Waals surface area contributed by atoms with Crippen molar-refractivity contribution in [3.63, 3.8) is 0 Å². The van der Waals surface area contributed by atoms with E-state index in [1.807, 2.05) is 57.2 Å². The summed E-state index contributed by atoms with van der Waals surface area (Å²) in [5.74, 6) is 0.416. The molecule has 0 aromatic heterocycles. The molecule has 0 unspecified atom stereocenters. The lowest BCUT2D eigenvalue weighted by Crippen LogP contribution is -2.36. The van der Waals surface area contributed by atoms with Crippen LogP contribution in [-0.2, 0) is 14.3 Å².